The summed E-state index contributed by atoms with van der Waals surface area (Å²) in [4.78, 5) is 59.4. The van der Waals surface area contributed by atoms with E-state index in [2.05, 4.69) is 182 Å². The Kier molecular flexibility index (Phi) is 42.1. The number of nitrogens with zero attached hydrogens (tertiary/aromatic N) is 22. The number of aliphatic imine (C=N–C) groups is 2. The summed E-state index contributed by atoms with van der Waals surface area (Å²) < 4.78 is 11.5. The molecule has 3 aliphatic heterocycles. The van der Waals surface area contributed by atoms with E-state index in [9.17, 15) is 0 Å². The van der Waals surface area contributed by atoms with E-state index in [0.717, 1.165) is 70.4 Å². The molecule has 0 spiro atoms. The molecule has 0 radical (unpaired) electrons. The zero-order valence-electron chi connectivity index (χ0n) is 71.3. The Bertz CT molecular complexity index is 5550. The fourth-order valence-corrected chi connectivity index (χ4v) is 13.1. The monoisotopic (exact) mass is 1720 g/mol. The van der Waals surface area contributed by atoms with Gasteiger partial charge in [-0.3, -0.25) is 34.3 Å². The maximum Gasteiger partial charge on any atom is 0.233 e. The highest BCUT2D eigenvalue weighted by molar-refractivity contribution is 8.03. The Morgan fingerprint density at radius 1 is 0.310 bits per heavy atom. The van der Waals surface area contributed by atoms with Crippen molar-refractivity contribution in [2.24, 2.45) is 15.9 Å². The second kappa shape index (κ2) is 58.4. The zero-order valence-corrected chi connectivity index (χ0v) is 72.2. The predicted molar refractivity (Wildman–Crippen MR) is 525 cm³/mol. The lowest BCUT2D eigenvalue weighted by atomic mass is 9.89. The lowest BCUT2D eigenvalue weighted by Gasteiger charge is -2.23. The molecule has 19 heterocycles. The van der Waals surface area contributed by atoms with Gasteiger partial charge in [-0.25, -0.2) is 49.4 Å². The fourth-order valence-electron chi connectivity index (χ4n) is 11.9. The van der Waals surface area contributed by atoms with Crippen LogP contribution in [0.2, 0.25) is 0 Å². The first-order valence-electron chi connectivity index (χ1n) is 41.9. The van der Waals surface area contributed by atoms with Crippen molar-refractivity contribution in [1.82, 2.24) is 96.4 Å². The number of nitrogens with one attached hydrogen (secondary N) is 1. The van der Waals surface area contributed by atoms with Crippen molar-refractivity contribution in [1.29, 1.82) is 0 Å². The van der Waals surface area contributed by atoms with Gasteiger partial charge in [0.1, 0.15) is 22.6 Å². The van der Waals surface area contributed by atoms with Crippen LogP contribution in [0.1, 0.15) is 43.2 Å². The molecule has 5 aliphatic rings. The Labute approximate surface area is 755 Å². The quantitative estimate of drug-likeness (QED) is 0.169. The molecule has 0 saturated heterocycles. The van der Waals surface area contributed by atoms with Crippen molar-refractivity contribution in [2.75, 3.05) is 11.9 Å². The molecule has 5 aromatic carbocycles. The Balaban J connectivity index is 0.000000134. The van der Waals surface area contributed by atoms with Crippen molar-refractivity contribution in [3.05, 3.63) is 512 Å². The van der Waals surface area contributed by atoms with E-state index in [1.807, 2.05) is 327 Å². The average Bonchev–Trinajstić information content (AvgIpc) is 1.86. The number of thioether (sulfide) groups is 1. The first-order chi connectivity index (χ1) is 64.1. The van der Waals surface area contributed by atoms with Crippen LogP contribution in [0.3, 0.4) is 0 Å². The van der Waals surface area contributed by atoms with Gasteiger partial charge in [0.25, 0.3) is 0 Å². The summed E-state index contributed by atoms with van der Waals surface area (Å²) in [5.74, 6) is 2.31. The third-order valence-corrected chi connectivity index (χ3v) is 19.4. The minimum absolute atomic E-state index is 0.619. The summed E-state index contributed by atoms with van der Waals surface area (Å²) >= 11 is 2.05. The van der Waals surface area contributed by atoms with E-state index >= 15 is 0 Å². The molecule has 2 atom stereocenters. The number of anilines is 2. The SMILES string of the molecule is C1=CC2CCCCC2S1.C1=CCC=C1.C1=CCN=C1.C1=NCc2ccccc21.c1ccc(Nc2ncccn2)cc1.c1ccc2ccccc2c1.c1ccccc1.c1ccn2ccnc2c1.c1ccn2ccnc2c1.c1ccn2ccnc2c1.c1ccn2ccnc2c1.c1ccncc1.c1ccncc1.c1cnc2nccn2c1.c1cnccn1.c1cnn2ccnc2c1. The van der Waals surface area contributed by atoms with Gasteiger partial charge in [0, 0.05) is 203 Å². The van der Waals surface area contributed by atoms with Gasteiger partial charge in [-0.2, -0.15) is 5.10 Å². The number of hydrogen-bond donors (Lipinski definition) is 1. The van der Waals surface area contributed by atoms with Crippen LogP contribution in [-0.2, 0) is 6.54 Å². The molecule has 26 rings (SSSR count). The van der Waals surface area contributed by atoms with E-state index in [-0.39, 0.29) is 0 Å². The third-order valence-electron chi connectivity index (χ3n) is 18.2. The number of fused-ring (bicyclic) bond motifs is 9. The lowest BCUT2D eigenvalue weighted by Crippen LogP contribution is -2.15. The van der Waals surface area contributed by atoms with Crippen LogP contribution in [0.25, 0.3) is 44.8 Å². The minimum atomic E-state index is 0.619. The molecule has 1 saturated carbocycles. The largest absolute Gasteiger partial charge is 0.324 e. The smallest absolute Gasteiger partial charge is 0.233 e. The van der Waals surface area contributed by atoms with Crippen LogP contribution in [0.15, 0.2) is 511 Å². The molecule has 16 aromatic heterocycles. The Hall–Kier alpha value is -16.7. The summed E-state index contributed by atoms with van der Waals surface area (Å²) in [6.07, 6.45) is 77.6. The number of rotatable bonds is 2. The second-order valence-corrected chi connectivity index (χ2v) is 28.4. The van der Waals surface area contributed by atoms with Gasteiger partial charge in [0.05, 0.1) is 13.1 Å². The molecule has 21 aromatic rings. The van der Waals surface area contributed by atoms with Gasteiger partial charge in [-0.05, 0) is 168 Å². The molecular weight excluding hydrogens is 1620 g/mol. The topological polar surface area (TPSA) is 244 Å². The van der Waals surface area contributed by atoms with Crippen LogP contribution in [-0.4, -0.2) is 121 Å². The number of allylic oxidation sites excluding steroid dienone is 6. The summed E-state index contributed by atoms with van der Waals surface area (Å²) in [5, 5.41) is 13.0. The Morgan fingerprint density at radius 3 is 1.19 bits per heavy atom. The number of para-hydroxylation sites is 1. The van der Waals surface area contributed by atoms with Crippen LogP contribution in [0, 0.1) is 5.92 Å². The maximum atomic E-state index is 4.13. The zero-order chi connectivity index (χ0) is 88.6. The lowest BCUT2D eigenvalue weighted by molar-refractivity contribution is 0.437. The van der Waals surface area contributed by atoms with Gasteiger partial charge in [0.2, 0.25) is 11.7 Å². The summed E-state index contributed by atoms with van der Waals surface area (Å²) in [5.41, 5.74) is 8.49. The molecule has 0 bridgehead atoms. The fraction of sp³-hybridized carbons (Fsp3) is 0.0857. The molecule has 23 nitrogen and oxygen atoms in total. The van der Waals surface area contributed by atoms with Crippen molar-refractivity contribution < 1.29 is 0 Å². The van der Waals surface area contributed by atoms with Crippen LogP contribution < -0.4 is 5.32 Å². The molecule has 1 N–H and O–H groups in total. The van der Waals surface area contributed by atoms with Gasteiger partial charge < -0.3 is 22.9 Å². The molecule has 0 amide bonds. The molecule has 2 unspecified atom stereocenters. The van der Waals surface area contributed by atoms with E-state index < -0.39 is 0 Å². The van der Waals surface area contributed by atoms with Crippen molar-refractivity contribution in [3.8, 4) is 0 Å². The molecule has 642 valence electrons. The van der Waals surface area contributed by atoms with E-state index in [1.165, 1.54) is 47.6 Å². The van der Waals surface area contributed by atoms with Crippen molar-refractivity contribution in [2.45, 2.75) is 43.9 Å². The molecular formula is C105H101N23S. The summed E-state index contributed by atoms with van der Waals surface area (Å²) in [6.45, 7) is 1.76. The number of imidazole rings is 6. The van der Waals surface area contributed by atoms with Crippen molar-refractivity contribution >= 4 is 80.6 Å². The van der Waals surface area contributed by atoms with Gasteiger partial charge >= 0.3 is 0 Å². The third kappa shape index (κ3) is 36.3. The number of aromatic nitrogens is 20. The van der Waals surface area contributed by atoms with Crippen molar-refractivity contribution in [3.63, 3.8) is 0 Å². The van der Waals surface area contributed by atoms with E-state index in [0.29, 0.717) is 5.95 Å². The molecule has 1 fully saturated rings. The highest BCUT2D eigenvalue weighted by Crippen LogP contribution is 2.39. The van der Waals surface area contributed by atoms with Crippen LogP contribution in [0.4, 0.5) is 11.6 Å². The average molecular weight is 1720 g/mol. The van der Waals surface area contributed by atoms with E-state index in [4.69, 9.17) is 0 Å². The number of benzene rings is 5. The maximum absolute atomic E-state index is 4.13. The summed E-state index contributed by atoms with van der Waals surface area (Å²) in [6, 6.07) is 89.4. The highest BCUT2D eigenvalue weighted by atomic mass is 32.2. The standard InChI is InChI=1S/C10H9N3.C10H8.C8H7N.C8H12S.4C7H6N2.2C6H5N3.C6H6.2C5H5N.C5H6.C4H4N2.C4H5N/c1-2-5-9(6-3-1)13-10-11-7-4-8-12-10;1-2-6-10-8-4-3-7-9(10)5-1;1-2-4-8-6-9-5-7(8)3-1;1-2-4-8-7(3-1)5-6-9-8;4*1-2-5-9-6-4-8-7(9)3-1;1-2-7-6-8-3-5-9(6)4-1;1-2-6-7-4-5-9(6)8-3-1;3*1-2-4-6-5-3-1;1-2-4-5-3-1;1-2-6-4-3-5-1;1-2-4-5-3-1/h1-8H,(H,11,12,13);1-8H;1-5H,6H2;5-8H,1-4H2;4*1-6H;2*1-5H;1-6H;2*1-5H;1-4H,5H2;1-4H;1-3H,4H2. The van der Waals surface area contributed by atoms with Crippen LogP contribution in [0.5, 0.6) is 0 Å². The van der Waals surface area contributed by atoms with Crippen LogP contribution >= 0.6 is 11.8 Å². The van der Waals surface area contributed by atoms with Gasteiger partial charge in [0.15, 0.2) is 5.65 Å². The number of hydrogen-bond acceptors (Lipinski definition) is 18. The first-order valence-corrected chi connectivity index (χ1v) is 42.9. The predicted octanol–water partition coefficient (Wildman–Crippen LogP) is 22.7. The molecule has 2 aliphatic carbocycles. The normalized spacial score (nSPS) is 12.7. The Morgan fingerprint density at radius 2 is 0.744 bits per heavy atom. The van der Waals surface area contributed by atoms with Gasteiger partial charge in [-0.1, -0.05) is 213 Å². The molecule has 129 heavy (non-hydrogen) atoms. The second-order valence-electron chi connectivity index (χ2n) is 27.2. The van der Waals surface area contributed by atoms with E-state index in [1.54, 1.807) is 128 Å². The molecule has 24 heteroatoms. The van der Waals surface area contributed by atoms with Gasteiger partial charge in [-0.15, -0.1) is 11.8 Å². The minimum Gasteiger partial charge on any atom is -0.324 e. The summed E-state index contributed by atoms with van der Waals surface area (Å²) in [7, 11) is 0. The highest BCUT2D eigenvalue weighted by Gasteiger charge is 2.25. The number of pyridine rings is 6. The first kappa shape index (κ1) is 93.0.